The molecule has 0 saturated carbocycles. The molecular formula is C33H31BrFN5O3. The van der Waals surface area contributed by atoms with Crippen LogP contribution in [0.15, 0.2) is 87.2 Å². The lowest BCUT2D eigenvalue weighted by Crippen LogP contribution is -2.29. The van der Waals surface area contributed by atoms with Crippen molar-refractivity contribution in [3.8, 4) is 11.4 Å². The molecule has 0 fully saturated rings. The molecule has 8 nitrogen and oxygen atoms in total. The minimum atomic E-state index is -0.429. The Balaban J connectivity index is 1.36. The Bertz CT molecular complexity index is 1920. The molecule has 220 valence electrons. The van der Waals surface area contributed by atoms with Crippen LogP contribution < -0.4 is 15.6 Å². The summed E-state index contributed by atoms with van der Waals surface area (Å²) in [4.78, 5) is 30.5. The number of halogens is 2. The predicted molar refractivity (Wildman–Crippen MR) is 171 cm³/mol. The van der Waals surface area contributed by atoms with Gasteiger partial charge in [-0.3, -0.25) is 9.59 Å². The van der Waals surface area contributed by atoms with E-state index in [0.717, 1.165) is 27.1 Å². The largest absolute Gasteiger partial charge is 0.484 e. The molecule has 0 unspecified atom stereocenters. The number of hydrogen-bond donors (Lipinski definition) is 1. The standard InChI is InChI=1S/C33H31BrFN5O3/c1-20-15-22(18-36-40-31(42)28-16-23(34)9-14-29(28)38-32(40)33(3,4)5)21(2)39(20)26-10-12-27(13-11-26)43-19-30(41)37-25-8-6-7-24(35)17-25/h6-18H,19H2,1-5H3,(H,37,41). The fourth-order valence-electron chi connectivity index (χ4n) is 4.78. The van der Waals surface area contributed by atoms with E-state index in [0.29, 0.717) is 28.2 Å². The first kappa shape index (κ1) is 29.9. The van der Waals surface area contributed by atoms with Crippen molar-refractivity contribution in [2.75, 3.05) is 11.9 Å². The minimum absolute atomic E-state index is 0.214. The van der Waals surface area contributed by atoms with Crippen LogP contribution in [0.2, 0.25) is 0 Å². The van der Waals surface area contributed by atoms with Crippen molar-refractivity contribution >= 4 is 44.6 Å². The molecule has 3 aromatic carbocycles. The van der Waals surface area contributed by atoms with Gasteiger partial charge < -0.3 is 14.6 Å². The molecule has 0 spiro atoms. The highest BCUT2D eigenvalue weighted by Gasteiger charge is 2.23. The topological polar surface area (TPSA) is 90.5 Å². The minimum Gasteiger partial charge on any atom is -0.484 e. The van der Waals surface area contributed by atoms with E-state index in [1.165, 1.54) is 22.9 Å². The number of hydrogen-bond acceptors (Lipinski definition) is 5. The van der Waals surface area contributed by atoms with Crippen molar-refractivity contribution in [2.45, 2.75) is 40.0 Å². The summed E-state index contributed by atoms with van der Waals surface area (Å²) < 4.78 is 23.2. The molecule has 1 N–H and O–H groups in total. The summed E-state index contributed by atoms with van der Waals surface area (Å²) in [6.07, 6.45) is 1.69. The van der Waals surface area contributed by atoms with Gasteiger partial charge in [0.15, 0.2) is 6.61 Å². The van der Waals surface area contributed by atoms with Crippen molar-refractivity contribution in [1.29, 1.82) is 0 Å². The Morgan fingerprint density at radius 3 is 2.51 bits per heavy atom. The number of carbonyl (C=O) groups is 1. The van der Waals surface area contributed by atoms with Crippen LogP contribution in [-0.2, 0) is 10.2 Å². The Morgan fingerprint density at radius 2 is 1.81 bits per heavy atom. The normalized spacial score (nSPS) is 11.8. The van der Waals surface area contributed by atoms with Gasteiger partial charge >= 0.3 is 0 Å². The molecule has 0 radical (unpaired) electrons. The molecule has 2 heterocycles. The van der Waals surface area contributed by atoms with Crippen molar-refractivity contribution < 1.29 is 13.9 Å². The molecule has 0 aliphatic rings. The molecule has 0 atom stereocenters. The summed E-state index contributed by atoms with van der Waals surface area (Å²) in [6.45, 7) is 9.77. The number of nitrogens with zero attached hydrogens (tertiary/aromatic N) is 4. The SMILES string of the molecule is Cc1cc(C=Nn2c(C(C)(C)C)nc3ccc(Br)cc3c2=O)c(C)n1-c1ccc(OCC(=O)Nc2cccc(F)c2)cc1. The zero-order valence-electron chi connectivity index (χ0n) is 24.5. The fourth-order valence-corrected chi connectivity index (χ4v) is 5.14. The van der Waals surface area contributed by atoms with Gasteiger partial charge in [0, 0.05) is 38.2 Å². The van der Waals surface area contributed by atoms with Crippen molar-refractivity contribution in [2.24, 2.45) is 5.10 Å². The van der Waals surface area contributed by atoms with E-state index in [-0.39, 0.29) is 12.2 Å². The van der Waals surface area contributed by atoms with Gasteiger partial charge in [-0.05, 0) is 80.6 Å². The third-order valence-corrected chi connectivity index (χ3v) is 7.33. The maximum absolute atomic E-state index is 13.5. The van der Waals surface area contributed by atoms with Crippen molar-refractivity contribution in [3.05, 3.63) is 116 Å². The monoisotopic (exact) mass is 643 g/mol. The molecule has 0 saturated heterocycles. The maximum atomic E-state index is 13.5. The number of anilines is 1. The number of rotatable bonds is 7. The third kappa shape index (κ3) is 6.59. The number of benzene rings is 3. The molecule has 5 rings (SSSR count). The fraction of sp³-hybridized carbons (Fsp3) is 0.212. The van der Waals surface area contributed by atoms with Crippen LogP contribution in [0.25, 0.3) is 16.6 Å². The first-order valence-corrected chi connectivity index (χ1v) is 14.4. The van der Waals surface area contributed by atoms with Crippen LogP contribution in [0.3, 0.4) is 0 Å². The summed E-state index contributed by atoms with van der Waals surface area (Å²) in [5.41, 5.74) is 4.01. The van der Waals surface area contributed by atoms with E-state index in [9.17, 15) is 14.0 Å². The Kier molecular flexibility index (Phi) is 8.32. The first-order chi connectivity index (χ1) is 20.4. The predicted octanol–water partition coefficient (Wildman–Crippen LogP) is 6.90. The van der Waals surface area contributed by atoms with E-state index in [1.54, 1.807) is 30.5 Å². The lowest BCUT2D eigenvalue weighted by Gasteiger charge is -2.20. The van der Waals surface area contributed by atoms with Gasteiger partial charge in [0.05, 0.1) is 17.1 Å². The number of carbonyl (C=O) groups excluding carboxylic acids is 1. The van der Waals surface area contributed by atoms with E-state index in [2.05, 4.69) is 30.9 Å². The van der Waals surface area contributed by atoms with E-state index >= 15 is 0 Å². The van der Waals surface area contributed by atoms with Gasteiger partial charge in [-0.1, -0.05) is 42.8 Å². The summed E-state index contributed by atoms with van der Waals surface area (Å²) in [7, 11) is 0. The summed E-state index contributed by atoms with van der Waals surface area (Å²) in [6, 6.07) is 20.5. The summed E-state index contributed by atoms with van der Waals surface area (Å²) >= 11 is 3.45. The molecule has 2 aromatic heterocycles. The van der Waals surface area contributed by atoms with Gasteiger partial charge in [0.1, 0.15) is 17.4 Å². The van der Waals surface area contributed by atoms with Crippen LogP contribution >= 0.6 is 15.9 Å². The van der Waals surface area contributed by atoms with Crippen LogP contribution in [-0.4, -0.2) is 33.0 Å². The highest BCUT2D eigenvalue weighted by molar-refractivity contribution is 9.10. The number of aryl methyl sites for hydroxylation is 1. The van der Waals surface area contributed by atoms with Gasteiger partial charge in [-0.2, -0.15) is 9.78 Å². The number of amides is 1. The second kappa shape index (κ2) is 12.0. The van der Waals surface area contributed by atoms with Crippen molar-refractivity contribution in [3.63, 3.8) is 0 Å². The number of ether oxygens (including phenoxy) is 1. The van der Waals surface area contributed by atoms with Gasteiger partial charge in [-0.25, -0.2) is 9.37 Å². The number of aromatic nitrogens is 3. The van der Waals surface area contributed by atoms with Crippen LogP contribution in [0.4, 0.5) is 10.1 Å². The zero-order chi connectivity index (χ0) is 30.9. The van der Waals surface area contributed by atoms with Gasteiger partial charge in [0.2, 0.25) is 0 Å². The quantitative estimate of drug-likeness (QED) is 0.195. The lowest BCUT2D eigenvalue weighted by atomic mass is 9.95. The molecular weight excluding hydrogens is 613 g/mol. The van der Waals surface area contributed by atoms with Crippen LogP contribution in [0.5, 0.6) is 5.75 Å². The smallest absolute Gasteiger partial charge is 0.282 e. The molecule has 0 aliphatic heterocycles. The van der Waals surface area contributed by atoms with Crippen molar-refractivity contribution in [1.82, 2.24) is 14.2 Å². The Labute approximate surface area is 257 Å². The van der Waals surface area contributed by atoms with Gasteiger partial charge in [0.25, 0.3) is 11.5 Å². The van der Waals surface area contributed by atoms with E-state index < -0.39 is 17.1 Å². The average Bonchev–Trinajstić information content (AvgIpc) is 3.23. The summed E-state index contributed by atoms with van der Waals surface area (Å²) in [5.74, 6) is 0.269. The number of fused-ring (bicyclic) bond motifs is 1. The average molecular weight is 645 g/mol. The summed E-state index contributed by atoms with van der Waals surface area (Å²) in [5, 5.41) is 7.73. The molecule has 5 aromatic rings. The van der Waals surface area contributed by atoms with Crippen LogP contribution in [0, 0.1) is 19.7 Å². The first-order valence-electron chi connectivity index (χ1n) is 13.7. The Morgan fingerprint density at radius 1 is 1.07 bits per heavy atom. The molecule has 1 amide bonds. The lowest BCUT2D eigenvalue weighted by molar-refractivity contribution is -0.118. The third-order valence-electron chi connectivity index (χ3n) is 6.83. The maximum Gasteiger partial charge on any atom is 0.282 e. The molecule has 10 heteroatoms. The molecule has 0 bridgehead atoms. The molecule has 0 aliphatic carbocycles. The highest BCUT2D eigenvalue weighted by atomic mass is 79.9. The second-order valence-corrected chi connectivity index (χ2v) is 12.1. The highest BCUT2D eigenvalue weighted by Crippen LogP contribution is 2.25. The second-order valence-electron chi connectivity index (χ2n) is 11.2. The van der Waals surface area contributed by atoms with Gasteiger partial charge in [-0.15, -0.1) is 0 Å². The van der Waals surface area contributed by atoms with Crippen LogP contribution in [0.1, 0.15) is 43.5 Å². The van der Waals surface area contributed by atoms with E-state index in [4.69, 9.17) is 9.72 Å². The number of nitrogens with one attached hydrogen (secondary N) is 1. The molecule has 43 heavy (non-hydrogen) atoms. The Hall–Kier alpha value is -4.57. The van der Waals surface area contributed by atoms with E-state index in [1.807, 2.05) is 65.0 Å². The zero-order valence-corrected chi connectivity index (χ0v) is 26.1.